The van der Waals surface area contributed by atoms with Gasteiger partial charge >= 0.3 is 6.03 Å². The Morgan fingerprint density at radius 1 is 1.35 bits per heavy atom. The number of halogens is 1. The number of urea groups is 1. The van der Waals surface area contributed by atoms with E-state index in [0.717, 1.165) is 41.5 Å². The van der Waals surface area contributed by atoms with E-state index >= 15 is 0 Å². The summed E-state index contributed by atoms with van der Waals surface area (Å²) in [5.74, 6) is 0. The fourth-order valence-electron chi connectivity index (χ4n) is 5.09. The maximum atomic E-state index is 14.1. The molecule has 0 aromatic heterocycles. The number of ether oxygens (including phenoxy) is 1. The Labute approximate surface area is 181 Å². The highest BCUT2D eigenvalue weighted by atomic mass is 32.2. The minimum absolute atomic E-state index is 0.0882. The predicted molar refractivity (Wildman–Crippen MR) is 117 cm³/mol. The number of benzene rings is 1. The molecule has 0 radical (unpaired) electrons. The number of hydrogen-bond acceptors (Lipinski definition) is 5. The number of hydrazone groups is 1. The van der Waals surface area contributed by atoms with Crippen molar-refractivity contribution in [3.05, 3.63) is 28.3 Å². The van der Waals surface area contributed by atoms with Gasteiger partial charge in [-0.05, 0) is 41.5 Å². The lowest BCUT2D eigenvalue weighted by atomic mass is 9.93. The Morgan fingerprint density at radius 2 is 2.16 bits per heavy atom. The van der Waals surface area contributed by atoms with Gasteiger partial charge in [0.25, 0.3) is 0 Å². The van der Waals surface area contributed by atoms with Crippen LogP contribution in [0, 0.1) is 5.41 Å². The molecular formula is C21H28FN5O3S. The van der Waals surface area contributed by atoms with Crippen LogP contribution in [-0.2, 0) is 40.3 Å². The van der Waals surface area contributed by atoms with E-state index in [2.05, 4.69) is 34.7 Å². The van der Waals surface area contributed by atoms with Gasteiger partial charge in [-0.25, -0.2) is 18.5 Å². The SMILES string of the molecule is CC1(C)COC2C(S(N)(=O)=NC(=O)Nc3c4c(cc5c3C[C@@H](F)C5)CCC4)C=NN2C1. The molecule has 2 aliphatic carbocycles. The summed E-state index contributed by atoms with van der Waals surface area (Å²) in [4.78, 5) is 12.8. The highest BCUT2D eigenvalue weighted by Crippen LogP contribution is 2.39. The lowest BCUT2D eigenvalue weighted by Gasteiger charge is -2.40. The van der Waals surface area contributed by atoms with Gasteiger partial charge in [-0.3, -0.25) is 5.01 Å². The largest absolute Gasteiger partial charge is 0.354 e. The summed E-state index contributed by atoms with van der Waals surface area (Å²) in [7, 11) is -3.45. The average molecular weight is 450 g/mol. The monoisotopic (exact) mass is 449 g/mol. The van der Waals surface area contributed by atoms with Crippen LogP contribution in [0.25, 0.3) is 0 Å². The molecule has 5 rings (SSSR count). The molecule has 0 saturated carbocycles. The van der Waals surface area contributed by atoms with Gasteiger partial charge in [0.2, 0.25) is 0 Å². The molecule has 10 heteroatoms. The molecule has 1 aromatic carbocycles. The summed E-state index contributed by atoms with van der Waals surface area (Å²) in [6.07, 6.45) is 3.29. The highest BCUT2D eigenvalue weighted by Gasteiger charge is 2.44. The van der Waals surface area contributed by atoms with Crippen LogP contribution in [0.15, 0.2) is 15.5 Å². The molecule has 4 aliphatic rings. The second-order valence-electron chi connectivity index (χ2n) is 9.71. The molecule has 1 aromatic rings. The number of fused-ring (bicyclic) bond motifs is 3. The molecule has 168 valence electrons. The smallest absolute Gasteiger partial charge is 0.354 e. The number of carbonyl (C=O) groups is 1. The molecule has 0 spiro atoms. The van der Waals surface area contributed by atoms with Crippen molar-refractivity contribution in [1.82, 2.24) is 5.01 Å². The molecular weight excluding hydrogens is 421 g/mol. The Balaban J connectivity index is 1.40. The standard InChI is InChI=1S/C21H28FN5O3S/c1-21(2)10-27-19(30-11-21)17(9-24-27)31(23,29)26-20(28)25-18-15-5-3-4-12(15)6-13-7-14(22)8-16(13)18/h6,9,14,17,19H,3-5,7-8,10-11H2,1-2H3,(H3,23,25,26,28,29)/t14-,17?,19?,31?/m0/s1. The normalized spacial score (nSPS) is 29.8. The van der Waals surface area contributed by atoms with Gasteiger partial charge in [0, 0.05) is 36.7 Å². The first-order valence-corrected chi connectivity index (χ1v) is 12.3. The van der Waals surface area contributed by atoms with Gasteiger partial charge in [-0.15, -0.1) is 4.36 Å². The first-order chi connectivity index (χ1) is 14.6. The van der Waals surface area contributed by atoms with E-state index in [9.17, 15) is 13.4 Å². The summed E-state index contributed by atoms with van der Waals surface area (Å²) in [5, 5.41) is 14.0. The number of carbonyl (C=O) groups excluding carboxylic acids is 1. The molecule has 3 N–H and O–H groups in total. The number of nitrogens with one attached hydrogen (secondary N) is 1. The van der Waals surface area contributed by atoms with Crippen LogP contribution in [0.4, 0.5) is 14.9 Å². The maximum Gasteiger partial charge on any atom is 0.354 e. The van der Waals surface area contributed by atoms with Crippen LogP contribution >= 0.6 is 0 Å². The van der Waals surface area contributed by atoms with Crippen LogP contribution < -0.4 is 10.5 Å². The summed E-state index contributed by atoms with van der Waals surface area (Å²) < 4.78 is 37.0. The molecule has 1 saturated heterocycles. The van der Waals surface area contributed by atoms with Crippen molar-refractivity contribution < 1.29 is 18.1 Å². The second-order valence-corrected chi connectivity index (χ2v) is 11.7. The number of aryl methyl sites for hydroxylation is 1. The molecule has 2 heterocycles. The van der Waals surface area contributed by atoms with E-state index in [1.165, 1.54) is 6.21 Å². The van der Waals surface area contributed by atoms with Gasteiger partial charge in [-0.2, -0.15) is 5.10 Å². The third-order valence-corrected chi connectivity index (χ3v) is 8.07. The first kappa shape index (κ1) is 20.8. The van der Waals surface area contributed by atoms with Crippen molar-refractivity contribution in [2.24, 2.45) is 20.0 Å². The van der Waals surface area contributed by atoms with Gasteiger partial charge in [0.05, 0.1) is 6.61 Å². The van der Waals surface area contributed by atoms with Crippen LogP contribution in [0.2, 0.25) is 0 Å². The number of rotatable bonds is 2. The lowest BCUT2D eigenvalue weighted by Crippen LogP contribution is -2.52. The molecule has 2 aliphatic heterocycles. The van der Waals surface area contributed by atoms with Gasteiger partial charge in [0.1, 0.15) is 21.3 Å². The van der Waals surface area contributed by atoms with E-state index in [0.29, 0.717) is 25.3 Å². The number of nitrogens with zero attached hydrogens (tertiary/aromatic N) is 3. The molecule has 1 fully saturated rings. The fraction of sp³-hybridized carbons (Fsp3) is 0.619. The third kappa shape index (κ3) is 3.74. The average Bonchev–Trinajstić information content (AvgIpc) is 3.37. The molecule has 8 nitrogen and oxygen atoms in total. The zero-order chi connectivity index (χ0) is 22.0. The number of anilines is 1. The summed E-state index contributed by atoms with van der Waals surface area (Å²) in [6.45, 7) is 5.23. The number of nitrogens with two attached hydrogens (primary N) is 1. The molecule has 3 unspecified atom stereocenters. The van der Waals surface area contributed by atoms with Crippen molar-refractivity contribution in [2.75, 3.05) is 18.5 Å². The number of amides is 2. The second kappa shape index (κ2) is 7.25. The zero-order valence-corrected chi connectivity index (χ0v) is 18.6. The number of alkyl halides is 1. The van der Waals surface area contributed by atoms with Crippen LogP contribution in [0.1, 0.15) is 42.5 Å². The topological polar surface area (TPSA) is 109 Å². The van der Waals surface area contributed by atoms with Crippen molar-refractivity contribution in [2.45, 2.75) is 63.6 Å². The molecule has 4 atom stereocenters. The van der Waals surface area contributed by atoms with E-state index in [4.69, 9.17) is 9.88 Å². The van der Waals surface area contributed by atoms with E-state index in [1.54, 1.807) is 5.01 Å². The van der Waals surface area contributed by atoms with Crippen LogP contribution in [-0.4, -0.2) is 52.3 Å². The first-order valence-electron chi connectivity index (χ1n) is 10.7. The third-order valence-electron chi connectivity index (χ3n) is 6.49. The van der Waals surface area contributed by atoms with Crippen molar-refractivity contribution in [1.29, 1.82) is 0 Å². The summed E-state index contributed by atoms with van der Waals surface area (Å²) >= 11 is 0. The van der Waals surface area contributed by atoms with E-state index in [-0.39, 0.29) is 11.8 Å². The quantitative estimate of drug-likeness (QED) is 0.723. The van der Waals surface area contributed by atoms with Crippen molar-refractivity contribution in [3.63, 3.8) is 0 Å². The lowest BCUT2D eigenvalue weighted by molar-refractivity contribution is -0.130. The Morgan fingerprint density at radius 3 is 2.97 bits per heavy atom. The van der Waals surface area contributed by atoms with Gasteiger partial charge < -0.3 is 10.1 Å². The highest BCUT2D eigenvalue weighted by molar-refractivity contribution is 7.93. The Hall–Kier alpha value is -2.04. The molecule has 0 bridgehead atoms. The zero-order valence-electron chi connectivity index (χ0n) is 17.8. The fourth-order valence-corrected chi connectivity index (χ4v) is 6.30. The van der Waals surface area contributed by atoms with Gasteiger partial charge in [0.15, 0.2) is 6.23 Å². The maximum absolute atomic E-state index is 14.1. The van der Waals surface area contributed by atoms with Crippen molar-refractivity contribution in [3.8, 4) is 0 Å². The molecule has 2 amide bonds. The number of hydrogen-bond donors (Lipinski definition) is 2. The summed E-state index contributed by atoms with van der Waals surface area (Å²) in [6, 6.07) is 1.29. The minimum Gasteiger partial charge on any atom is -0.354 e. The minimum atomic E-state index is -3.45. The Kier molecular flexibility index (Phi) is 4.87. The Bertz CT molecular complexity index is 1090. The van der Waals surface area contributed by atoms with E-state index < -0.39 is 33.6 Å². The van der Waals surface area contributed by atoms with Crippen LogP contribution in [0.5, 0.6) is 0 Å². The summed E-state index contributed by atoms with van der Waals surface area (Å²) in [5.41, 5.74) is 4.49. The molecule has 31 heavy (non-hydrogen) atoms. The van der Waals surface area contributed by atoms with E-state index in [1.807, 2.05) is 0 Å². The van der Waals surface area contributed by atoms with Crippen LogP contribution in [0.3, 0.4) is 0 Å². The van der Waals surface area contributed by atoms with Gasteiger partial charge in [-0.1, -0.05) is 19.9 Å². The van der Waals surface area contributed by atoms with Crippen molar-refractivity contribution >= 4 is 27.8 Å². The predicted octanol–water partition coefficient (Wildman–Crippen LogP) is 2.54.